The lowest BCUT2D eigenvalue weighted by molar-refractivity contribution is 0.606. The Labute approximate surface area is 190 Å². The van der Waals surface area contributed by atoms with Crippen molar-refractivity contribution in [2.45, 2.75) is 58.4 Å². The van der Waals surface area contributed by atoms with Gasteiger partial charge in [0.1, 0.15) is 17.5 Å². The van der Waals surface area contributed by atoms with Crippen molar-refractivity contribution in [2.24, 2.45) is 0 Å². The molecule has 1 unspecified atom stereocenters. The van der Waals surface area contributed by atoms with Gasteiger partial charge in [0, 0.05) is 17.8 Å². The number of fused-ring (bicyclic) bond motifs is 1. The maximum atomic E-state index is 13.5. The number of aromatic nitrogens is 2. The third kappa shape index (κ3) is 3.61. The predicted molar refractivity (Wildman–Crippen MR) is 126 cm³/mol. The molecule has 2 aliphatic rings. The minimum Gasteiger partial charge on any atom is -0.349 e. The lowest BCUT2D eigenvalue weighted by atomic mass is 9.91. The minimum absolute atomic E-state index is 0. The van der Waals surface area contributed by atoms with Crippen molar-refractivity contribution >= 4 is 18.2 Å². The Bertz CT molecular complexity index is 1120. The summed E-state index contributed by atoms with van der Waals surface area (Å²) in [6.07, 6.45) is 3.05. The molecule has 1 aromatic heterocycles. The topological polar surface area (TPSA) is 29.0 Å². The van der Waals surface area contributed by atoms with Crippen molar-refractivity contribution in [1.82, 2.24) is 9.97 Å². The Balaban J connectivity index is 0.00000231. The van der Waals surface area contributed by atoms with Gasteiger partial charge in [-0.05, 0) is 75.8 Å². The smallest absolute Gasteiger partial charge is 0.141 e. The molecule has 0 bridgehead atoms. The van der Waals surface area contributed by atoms with Crippen LogP contribution in [0.1, 0.15) is 65.1 Å². The van der Waals surface area contributed by atoms with Crippen LogP contribution in [0.15, 0.2) is 42.5 Å². The van der Waals surface area contributed by atoms with E-state index in [4.69, 9.17) is 9.97 Å². The molecule has 5 rings (SSSR count). The van der Waals surface area contributed by atoms with E-state index in [2.05, 4.69) is 50.8 Å². The van der Waals surface area contributed by atoms with Crippen LogP contribution in [0.3, 0.4) is 0 Å². The Morgan fingerprint density at radius 1 is 1.00 bits per heavy atom. The van der Waals surface area contributed by atoms with Crippen LogP contribution in [0.5, 0.6) is 0 Å². The van der Waals surface area contributed by atoms with Crippen molar-refractivity contribution in [3.63, 3.8) is 0 Å². The van der Waals surface area contributed by atoms with Gasteiger partial charge in [0.25, 0.3) is 0 Å². The number of rotatable bonds is 3. The Morgan fingerprint density at radius 2 is 1.71 bits per heavy atom. The van der Waals surface area contributed by atoms with Gasteiger partial charge < -0.3 is 4.90 Å². The van der Waals surface area contributed by atoms with Gasteiger partial charge in [-0.25, -0.2) is 14.4 Å². The molecule has 1 fully saturated rings. The summed E-state index contributed by atoms with van der Waals surface area (Å²) < 4.78 is 13.5. The first kappa shape index (κ1) is 21.8. The fourth-order valence-electron chi connectivity index (χ4n) is 4.89. The highest BCUT2D eigenvalue weighted by Gasteiger charge is 2.49. The molecule has 1 saturated carbocycles. The van der Waals surface area contributed by atoms with E-state index in [9.17, 15) is 4.39 Å². The standard InChI is InChI=1S/C26H28FN3.ClH/c1-16-5-10-23-19(4)30(14-11-20(23)15-16)24-17(2)18(3)28-25(29-24)26(12-13-26)21-6-8-22(27)9-7-21;/h5-10,15,19H,11-14H2,1-4H3;1H. The minimum atomic E-state index is -0.202. The highest BCUT2D eigenvalue weighted by molar-refractivity contribution is 5.85. The maximum absolute atomic E-state index is 13.5. The van der Waals surface area contributed by atoms with E-state index in [1.54, 1.807) is 12.1 Å². The summed E-state index contributed by atoms with van der Waals surface area (Å²) in [4.78, 5) is 12.5. The van der Waals surface area contributed by atoms with Crippen LogP contribution in [-0.2, 0) is 11.8 Å². The molecule has 2 aromatic carbocycles. The van der Waals surface area contributed by atoms with E-state index < -0.39 is 0 Å². The molecule has 0 amide bonds. The summed E-state index contributed by atoms with van der Waals surface area (Å²) in [5.74, 6) is 1.73. The monoisotopic (exact) mass is 437 g/mol. The first-order chi connectivity index (χ1) is 14.4. The first-order valence-corrected chi connectivity index (χ1v) is 10.9. The predicted octanol–water partition coefficient (Wildman–Crippen LogP) is 6.17. The highest BCUT2D eigenvalue weighted by Crippen LogP contribution is 2.52. The van der Waals surface area contributed by atoms with E-state index >= 15 is 0 Å². The SMILES string of the molecule is Cc1ccc2c(c1)CCN(c1nc(C3(c4ccc(F)cc4)CC3)nc(C)c1C)C2C.Cl. The number of anilines is 1. The third-order valence-electron chi connectivity index (χ3n) is 7.05. The molecule has 5 heteroatoms. The van der Waals surface area contributed by atoms with Crippen LogP contribution >= 0.6 is 12.4 Å². The van der Waals surface area contributed by atoms with Crippen LogP contribution in [-0.4, -0.2) is 16.5 Å². The summed E-state index contributed by atoms with van der Waals surface area (Å²) >= 11 is 0. The molecule has 31 heavy (non-hydrogen) atoms. The van der Waals surface area contributed by atoms with Gasteiger partial charge in [-0.3, -0.25) is 0 Å². The van der Waals surface area contributed by atoms with Crippen molar-refractivity contribution in [1.29, 1.82) is 0 Å². The molecule has 0 N–H and O–H groups in total. The number of nitrogens with zero attached hydrogens (tertiary/aromatic N) is 3. The second-order valence-corrected chi connectivity index (χ2v) is 8.99. The molecular formula is C26H29ClFN3. The molecule has 162 valence electrons. The zero-order chi connectivity index (χ0) is 21.0. The quantitative estimate of drug-likeness (QED) is 0.490. The van der Waals surface area contributed by atoms with Crippen molar-refractivity contribution in [3.05, 3.63) is 87.6 Å². The molecule has 0 saturated heterocycles. The zero-order valence-electron chi connectivity index (χ0n) is 18.6. The van der Waals surface area contributed by atoms with Gasteiger partial charge in [-0.1, -0.05) is 35.9 Å². The normalized spacial score (nSPS) is 18.9. The molecule has 1 aliphatic carbocycles. The Hall–Kier alpha value is -2.46. The second kappa shape index (κ2) is 7.90. The van der Waals surface area contributed by atoms with Gasteiger partial charge in [-0.15, -0.1) is 12.4 Å². The third-order valence-corrected chi connectivity index (χ3v) is 7.05. The number of benzene rings is 2. The van der Waals surface area contributed by atoms with Crippen LogP contribution in [0, 0.1) is 26.6 Å². The van der Waals surface area contributed by atoms with E-state index in [0.717, 1.165) is 54.3 Å². The van der Waals surface area contributed by atoms with Gasteiger partial charge in [-0.2, -0.15) is 0 Å². The lowest BCUT2D eigenvalue weighted by Gasteiger charge is -2.37. The molecule has 3 aromatic rings. The summed E-state index contributed by atoms with van der Waals surface area (Å²) in [5, 5.41) is 0. The lowest BCUT2D eigenvalue weighted by Crippen LogP contribution is -2.36. The van der Waals surface area contributed by atoms with E-state index in [1.807, 2.05) is 12.1 Å². The largest absolute Gasteiger partial charge is 0.349 e. The van der Waals surface area contributed by atoms with Gasteiger partial charge in [0.2, 0.25) is 0 Å². The summed E-state index contributed by atoms with van der Waals surface area (Å²) in [5.41, 5.74) is 7.29. The number of hydrogen-bond acceptors (Lipinski definition) is 3. The fourth-order valence-corrected chi connectivity index (χ4v) is 4.89. The maximum Gasteiger partial charge on any atom is 0.141 e. The van der Waals surface area contributed by atoms with E-state index in [0.29, 0.717) is 0 Å². The molecule has 0 radical (unpaired) electrons. The van der Waals surface area contributed by atoms with Crippen LogP contribution in [0.2, 0.25) is 0 Å². The number of aryl methyl sites for hydroxylation is 2. The summed E-state index contributed by atoms with van der Waals surface area (Å²) in [6, 6.07) is 13.9. The average molecular weight is 438 g/mol. The molecule has 1 atom stereocenters. The molecule has 3 nitrogen and oxygen atoms in total. The molecule has 1 aliphatic heterocycles. The van der Waals surface area contributed by atoms with Crippen molar-refractivity contribution < 1.29 is 4.39 Å². The molecule has 2 heterocycles. The Kier molecular flexibility index (Phi) is 5.55. The Morgan fingerprint density at radius 3 is 2.39 bits per heavy atom. The van der Waals surface area contributed by atoms with E-state index in [-0.39, 0.29) is 29.7 Å². The van der Waals surface area contributed by atoms with E-state index in [1.165, 1.54) is 16.7 Å². The van der Waals surface area contributed by atoms with Crippen LogP contribution < -0.4 is 4.90 Å². The fraction of sp³-hybridized carbons (Fsp3) is 0.385. The zero-order valence-corrected chi connectivity index (χ0v) is 19.4. The average Bonchev–Trinajstić information content (AvgIpc) is 3.53. The number of hydrogen-bond donors (Lipinski definition) is 0. The van der Waals surface area contributed by atoms with Gasteiger partial charge in [0.05, 0.1) is 11.5 Å². The highest BCUT2D eigenvalue weighted by atomic mass is 35.5. The number of halogens is 2. The second-order valence-electron chi connectivity index (χ2n) is 8.99. The van der Waals surface area contributed by atoms with Crippen LogP contribution in [0.4, 0.5) is 10.2 Å². The molecular weight excluding hydrogens is 409 g/mol. The van der Waals surface area contributed by atoms with Crippen LogP contribution in [0.25, 0.3) is 0 Å². The van der Waals surface area contributed by atoms with Crippen molar-refractivity contribution in [3.8, 4) is 0 Å². The van der Waals surface area contributed by atoms with Crippen molar-refractivity contribution in [2.75, 3.05) is 11.4 Å². The summed E-state index contributed by atoms with van der Waals surface area (Å²) in [6.45, 7) is 9.60. The summed E-state index contributed by atoms with van der Waals surface area (Å²) in [7, 11) is 0. The molecule has 0 spiro atoms. The van der Waals surface area contributed by atoms with Gasteiger partial charge in [0.15, 0.2) is 0 Å². The first-order valence-electron chi connectivity index (χ1n) is 10.9. The van der Waals surface area contributed by atoms with Gasteiger partial charge >= 0.3 is 0 Å².